The Bertz CT molecular complexity index is 1330. The van der Waals surface area contributed by atoms with Gasteiger partial charge in [-0.3, -0.25) is 14.5 Å². The van der Waals surface area contributed by atoms with Crippen molar-refractivity contribution in [3.8, 4) is 17.6 Å². The summed E-state index contributed by atoms with van der Waals surface area (Å²) in [5.74, 6) is 4.93. The van der Waals surface area contributed by atoms with E-state index in [9.17, 15) is 24.6 Å². The van der Waals surface area contributed by atoms with Gasteiger partial charge in [0, 0.05) is 25.7 Å². The molecular weight excluding hydrogens is 626 g/mol. The van der Waals surface area contributed by atoms with E-state index in [1.54, 1.807) is 46.8 Å². The lowest BCUT2D eigenvalue weighted by Crippen LogP contribution is -2.54. The fraction of sp³-hybridized carbons (Fsp3) is 0.500. The summed E-state index contributed by atoms with van der Waals surface area (Å²) in [7, 11) is 1.53. The highest BCUT2D eigenvalue weighted by Crippen LogP contribution is 2.38. The van der Waals surface area contributed by atoms with Crippen LogP contribution in [0.5, 0.6) is 5.75 Å². The van der Waals surface area contributed by atoms with Crippen LogP contribution < -0.4 is 4.74 Å². The molecule has 0 aliphatic carbocycles. The molecule has 1 aliphatic heterocycles. The minimum atomic E-state index is -1.92. The molecule has 0 saturated carbocycles. The topological polar surface area (TPSA) is 120 Å². The van der Waals surface area contributed by atoms with Crippen molar-refractivity contribution in [2.45, 2.75) is 65.0 Å². The van der Waals surface area contributed by atoms with Gasteiger partial charge in [-0.05, 0) is 91.7 Å². The van der Waals surface area contributed by atoms with Crippen molar-refractivity contribution in [3.63, 3.8) is 0 Å². The predicted octanol–water partition coefficient (Wildman–Crippen LogP) is 3.78. The first-order valence-electron chi connectivity index (χ1n) is 13.6. The van der Waals surface area contributed by atoms with Gasteiger partial charge >= 0.3 is 17.9 Å². The number of carbonyl (C=O) groups excluding carboxylic acids is 3. The van der Waals surface area contributed by atoms with Crippen molar-refractivity contribution >= 4 is 45.2 Å². The van der Waals surface area contributed by atoms with Gasteiger partial charge < -0.3 is 29.5 Å². The number of aliphatic hydroxyl groups is 2. The Balaban J connectivity index is 1.80. The van der Waals surface area contributed by atoms with Crippen LogP contribution in [-0.4, -0.2) is 94.0 Å². The van der Waals surface area contributed by atoms with E-state index in [1.165, 1.54) is 33.1 Å². The lowest BCUT2D eigenvalue weighted by atomic mass is 9.91. The molecule has 3 rings (SSSR count). The van der Waals surface area contributed by atoms with Crippen molar-refractivity contribution in [2.75, 3.05) is 33.3 Å². The van der Waals surface area contributed by atoms with Gasteiger partial charge in [0.1, 0.15) is 17.4 Å². The van der Waals surface area contributed by atoms with Crippen molar-refractivity contribution < 1.29 is 34.1 Å². The number of methoxy groups -OCH3 is 1. The first-order chi connectivity index (χ1) is 19.7. The Hall–Kier alpha value is -3.11. The number of thiophene rings is 1. The summed E-state index contributed by atoms with van der Waals surface area (Å²) in [6, 6.07) is 5.70. The maximum atomic E-state index is 13.6. The molecular formula is C30H38BrN3O7S. The van der Waals surface area contributed by atoms with Crippen LogP contribution in [0, 0.1) is 11.8 Å². The van der Waals surface area contributed by atoms with Gasteiger partial charge in [0.2, 0.25) is 0 Å². The standard InChI is InChI=1S/C30H38BrN3O7S/c1-19(2)33(15-14-32(29(39)41-30(3,4)5)12-7-9-21-10-8-16-42-21)26(35)27(36)34-13-11-20-17-24(40-6)23(31)18-22(20)25(34)28(37)38/h8,10,16-19,25,28,37-38H,11-15H2,1-6H3. The number of aliphatic hydroxyl groups excluding tert-OH is 1. The lowest BCUT2D eigenvalue weighted by Gasteiger charge is -2.39. The van der Waals surface area contributed by atoms with Gasteiger partial charge in [0.15, 0.2) is 6.29 Å². The fourth-order valence-corrected chi connectivity index (χ4v) is 5.67. The highest BCUT2D eigenvalue weighted by molar-refractivity contribution is 9.10. The maximum absolute atomic E-state index is 13.6. The smallest absolute Gasteiger partial charge is 0.411 e. The monoisotopic (exact) mass is 663 g/mol. The molecule has 228 valence electrons. The SMILES string of the molecule is COc1cc2c(cc1Br)C(C(O)O)N(C(=O)C(=O)N(CCN(CC#Cc1cccs1)C(=O)OC(C)(C)C)C(C)C)CC2. The molecule has 0 saturated heterocycles. The third-order valence-corrected chi connectivity index (χ3v) is 7.97. The number of rotatable bonds is 7. The maximum Gasteiger partial charge on any atom is 0.411 e. The fourth-order valence-electron chi connectivity index (χ4n) is 4.56. The third-order valence-electron chi connectivity index (χ3n) is 6.57. The number of halogens is 1. The number of fused-ring (bicyclic) bond motifs is 1. The zero-order valence-corrected chi connectivity index (χ0v) is 27.1. The second-order valence-electron chi connectivity index (χ2n) is 11.1. The van der Waals surface area contributed by atoms with Gasteiger partial charge in [-0.15, -0.1) is 11.3 Å². The van der Waals surface area contributed by atoms with Gasteiger partial charge in [-0.25, -0.2) is 4.79 Å². The zero-order valence-electron chi connectivity index (χ0n) is 24.7. The zero-order chi connectivity index (χ0) is 31.2. The minimum absolute atomic E-state index is 0.0433. The van der Waals surface area contributed by atoms with Crippen molar-refractivity contribution in [1.82, 2.24) is 14.7 Å². The predicted molar refractivity (Wildman–Crippen MR) is 163 cm³/mol. The number of benzene rings is 1. The molecule has 0 spiro atoms. The van der Waals surface area contributed by atoms with E-state index >= 15 is 0 Å². The minimum Gasteiger partial charge on any atom is -0.496 e. The van der Waals surface area contributed by atoms with Crippen LogP contribution in [0.1, 0.15) is 56.7 Å². The number of ether oxygens (including phenoxy) is 2. The van der Waals surface area contributed by atoms with Crippen molar-refractivity contribution in [3.05, 3.63) is 50.1 Å². The number of nitrogens with zero attached hydrogens (tertiary/aromatic N) is 3. The van der Waals surface area contributed by atoms with E-state index in [4.69, 9.17) is 9.47 Å². The molecule has 1 aromatic carbocycles. The molecule has 12 heteroatoms. The van der Waals surface area contributed by atoms with Crippen LogP contribution in [0.25, 0.3) is 0 Å². The first-order valence-corrected chi connectivity index (χ1v) is 15.2. The second-order valence-corrected chi connectivity index (χ2v) is 12.9. The van der Waals surface area contributed by atoms with E-state index in [-0.39, 0.29) is 32.2 Å². The molecule has 1 aliphatic rings. The molecule has 42 heavy (non-hydrogen) atoms. The molecule has 0 fully saturated rings. The van der Waals surface area contributed by atoms with E-state index in [0.29, 0.717) is 22.2 Å². The molecule has 0 radical (unpaired) electrons. The molecule has 1 aromatic heterocycles. The molecule has 2 heterocycles. The quantitative estimate of drug-likeness (QED) is 0.263. The van der Waals surface area contributed by atoms with Crippen LogP contribution in [0.4, 0.5) is 4.79 Å². The summed E-state index contributed by atoms with van der Waals surface area (Å²) in [5, 5.41) is 22.5. The van der Waals surface area contributed by atoms with Crippen LogP contribution in [0.2, 0.25) is 0 Å². The highest BCUT2D eigenvalue weighted by Gasteiger charge is 2.40. The summed E-state index contributed by atoms with van der Waals surface area (Å²) < 4.78 is 11.5. The Labute approximate surface area is 259 Å². The van der Waals surface area contributed by atoms with Crippen LogP contribution in [0.3, 0.4) is 0 Å². The van der Waals surface area contributed by atoms with Crippen LogP contribution in [0.15, 0.2) is 34.1 Å². The number of carbonyl (C=O) groups is 3. The Morgan fingerprint density at radius 3 is 2.50 bits per heavy atom. The normalized spacial score (nSPS) is 14.6. The highest BCUT2D eigenvalue weighted by atomic mass is 79.9. The van der Waals surface area contributed by atoms with Crippen LogP contribution >= 0.6 is 27.3 Å². The van der Waals surface area contributed by atoms with Crippen molar-refractivity contribution in [1.29, 1.82) is 0 Å². The second kappa shape index (κ2) is 14.4. The van der Waals surface area contributed by atoms with Crippen LogP contribution in [-0.2, 0) is 20.7 Å². The summed E-state index contributed by atoms with van der Waals surface area (Å²) in [4.78, 5) is 45.0. The Morgan fingerprint density at radius 1 is 1.21 bits per heavy atom. The number of amides is 3. The molecule has 2 N–H and O–H groups in total. The van der Waals surface area contributed by atoms with Gasteiger partial charge in [-0.2, -0.15) is 0 Å². The Morgan fingerprint density at radius 2 is 1.93 bits per heavy atom. The molecule has 1 unspecified atom stereocenters. The van der Waals surface area contributed by atoms with E-state index in [2.05, 4.69) is 27.8 Å². The van der Waals surface area contributed by atoms with E-state index in [1.807, 2.05) is 17.5 Å². The number of hydrogen-bond acceptors (Lipinski definition) is 8. The summed E-state index contributed by atoms with van der Waals surface area (Å²) in [6.07, 6.45) is -2.10. The summed E-state index contributed by atoms with van der Waals surface area (Å²) in [5.41, 5.74) is 0.577. The van der Waals surface area contributed by atoms with Gasteiger partial charge in [-0.1, -0.05) is 17.9 Å². The van der Waals surface area contributed by atoms with Gasteiger partial charge in [0.25, 0.3) is 0 Å². The first kappa shape index (κ1) is 33.4. The average Bonchev–Trinajstić information content (AvgIpc) is 3.42. The lowest BCUT2D eigenvalue weighted by molar-refractivity contribution is -0.162. The summed E-state index contributed by atoms with van der Waals surface area (Å²) >= 11 is 4.90. The third kappa shape index (κ3) is 8.47. The average molecular weight is 665 g/mol. The van der Waals surface area contributed by atoms with Crippen molar-refractivity contribution in [2.24, 2.45) is 0 Å². The van der Waals surface area contributed by atoms with E-state index < -0.39 is 35.8 Å². The summed E-state index contributed by atoms with van der Waals surface area (Å²) in [6.45, 7) is 9.13. The van der Waals surface area contributed by atoms with E-state index in [0.717, 1.165) is 10.4 Å². The molecule has 2 aromatic rings. The molecule has 0 bridgehead atoms. The largest absolute Gasteiger partial charge is 0.496 e. The van der Waals surface area contributed by atoms with Gasteiger partial charge in [0.05, 0.1) is 23.0 Å². The molecule has 10 nitrogen and oxygen atoms in total. The molecule has 3 amide bonds. The Kier molecular flexibility index (Phi) is 11.4. The number of hydrogen-bond donors (Lipinski definition) is 2. The molecule has 1 atom stereocenters.